The Bertz CT molecular complexity index is 3520. The second kappa shape index (κ2) is 11.9. The molecule has 0 saturated carbocycles. The topological polar surface area (TPSA) is 48.5 Å². The SMILES string of the molecule is c1ccc(-c2ccc(-c3nc(-n4c5ccccc5c5c6cc(-n7c8ccccc8c8c9ccccc9ccc87)ccc6ccc54)nc4ccccc34)cc2)nc1. The number of pyridine rings is 1. The van der Waals surface area contributed by atoms with Crippen molar-refractivity contribution in [1.29, 1.82) is 0 Å². The third kappa shape index (κ3) is 4.52. The molecule has 0 saturated heterocycles. The third-order valence-corrected chi connectivity index (χ3v) is 11.4. The van der Waals surface area contributed by atoms with Gasteiger partial charge in [-0.2, -0.15) is 0 Å². The molecule has 0 aliphatic rings. The van der Waals surface area contributed by atoms with Crippen LogP contribution in [0.1, 0.15) is 0 Å². The number of hydrogen-bond acceptors (Lipinski definition) is 3. The lowest BCUT2D eigenvalue weighted by Crippen LogP contribution is -2.03. The van der Waals surface area contributed by atoms with Gasteiger partial charge >= 0.3 is 0 Å². The highest BCUT2D eigenvalue weighted by molar-refractivity contribution is 6.23. The van der Waals surface area contributed by atoms with E-state index in [-0.39, 0.29) is 0 Å². The highest BCUT2D eigenvalue weighted by Gasteiger charge is 2.20. The average molecular weight is 714 g/mol. The average Bonchev–Trinajstić information content (AvgIpc) is 3.80. The second-order valence-electron chi connectivity index (χ2n) is 14.4. The minimum atomic E-state index is 0.642. The van der Waals surface area contributed by atoms with Gasteiger partial charge in [0, 0.05) is 49.9 Å². The van der Waals surface area contributed by atoms with Crippen molar-refractivity contribution in [2.24, 2.45) is 0 Å². The molecule has 0 aliphatic heterocycles. The molecular formula is C51H31N5. The summed E-state index contributed by atoms with van der Waals surface area (Å²) in [6.45, 7) is 0. The summed E-state index contributed by atoms with van der Waals surface area (Å²) < 4.78 is 4.66. The maximum Gasteiger partial charge on any atom is 0.235 e. The predicted octanol–water partition coefficient (Wildman–Crippen LogP) is 12.9. The van der Waals surface area contributed by atoms with E-state index in [2.05, 4.69) is 172 Å². The Kier molecular flexibility index (Phi) is 6.56. The minimum absolute atomic E-state index is 0.642. The van der Waals surface area contributed by atoms with E-state index >= 15 is 0 Å². The van der Waals surface area contributed by atoms with Gasteiger partial charge in [0.05, 0.1) is 39.0 Å². The lowest BCUT2D eigenvalue weighted by Gasteiger charge is -2.13. The van der Waals surface area contributed by atoms with Crippen LogP contribution in [0.5, 0.6) is 0 Å². The number of para-hydroxylation sites is 3. The number of aromatic nitrogens is 5. The summed E-state index contributed by atoms with van der Waals surface area (Å²) in [5.41, 5.74) is 10.5. The van der Waals surface area contributed by atoms with E-state index in [1.807, 2.05) is 30.5 Å². The van der Waals surface area contributed by atoms with Crippen molar-refractivity contribution >= 4 is 76.1 Å². The van der Waals surface area contributed by atoms with Crippen molar-refractivity contribution in [3.63, 3.8) is 0 Å². The van der Waals surface area contributed by atoms with Gasteiger partial charge in [0.1, 0.15) is 0 Å². The van der Waals surface area contributed by atoms with Crippen molar-refractivity contribution in [2.75, 3.05) is 0 Å². The van der Waals surface area contributed by atoms with E-state index in [0.717, 1.165) is 55.5 Å². The zero-order valence-electron chi connectivity index (χ0n) is 30.1. The van der Waals surface area contributed by atoms with Crippen molar-refractivity contribution in [3.8, 4) is 34.2 Å². The summed E-state index contributed by atoms with van der Waals surface area (Å²) in [6.07, 6.45) is 1.83. The molecule has 4 aromatic heterocycles. The van der Waals surface area contributed by atoms with E-state index in [4.69, 9.17) is 9.97 Å². The van der Waals surface area contributed by atoms with Gasteiger partial charge in [-0.05, 0) is 76.1 Å². The maximum atomic E-state index is 5.38. The Labute approximate surface area is 321 Å². The van der Waals surface area contributed by atoms with E-state index < -0.39 is 0 Å². The molecule has 5 nitrogen and oxygen atoms in total. The Morgan fingerprint density at radius 2 is 0.964 bits per heavy atom. The fraction of sp³-hybridized carbons (Fsp3) is 0. The molecule has 12 aromatic rings. The number of hydrogen-bond donors (Lipinski definition) is 0. The van der Waals surface area contributed by atoms with E-state index in [9.17, 15) is 0 Å². The molecule has 0 fully saturated rings. The van der Waals surface area contributed by atoms with Crippen LogP contribution in [0.4, 0.5) is 0 Å². The van der Waals surface area contributed by atoms with Crippen LogP contribution in [-0.2, 0) is 0 Å². The molecule has 0 N–H and O–H groups in total. The highest BCUT2D eigenvalue weighted by atomic mass is 15.2. The molecular weight excluding hydrogens is 683 g/mol. The third-order valence-electron chi connectivity index (χ3n) is 11.4. The van der Waals surface area contributed by atoms with Crippen molar-refractivity contribution in [3.05, 3.63) is 188 Å². The quantitative estimate of drug-likeness (QED) is 0.182. The molecule has 260 valence electrons. The van der Waals surface area contributed by atoms with Gasteiger partial charge in [0.2, 0.25) is 5.95 Å². The van der Waals surface area contributed by atoms with Gasteiger partial charge in [-0.1, -0.05) is 127 Å². The van der Waals surface area contributed by atoms with E-state index in [1.165, 1.54) is 48.7 Å². The molecule has 4 heterocycles. The Balaban J connectivity index is 1.10. The fourth-order valence-corrected chi connectivity index (χ4v) is 8.86. The number of nitrogens with zero attached hydrogens (tertiary/aromatic N) is 5. The smallest absolute Gasteiger partial charge is 0.235 e. The van der Waals surface area contributed by atoms with Crippen LogP contribution >= 0.6 is 0 Å². The van der Waals surface area contributed by atoms with Gasteiger partial charge < -0.3 is 4.57 Å². The maximum absolute atomic E-state index is 5.38. The van der Waals surface area contributed by atoms with Crippen molar-refractivity contribution in [2.45, 2.75) is 0 Å². The molecule has 0 radical (unpaired) electrons. The molecule has 5 heteroatoms. The standard InChI is InChI=1S/C51H31N5/c1-2-12-37-32(11-1)25-28-46-48(37)39-14-4-7-18-44(39)55(46)36-27-24-33-26-29-47-49(41(33)31-36)40-15-5-8-19-45(40)56(47)51-53-43-17-6-3-13-38(43)50(54-51)35-22-20-34(21-23-35)42-16-9-10-30-52-42/h1-31H. The first kappa shape index (κ1) is 30.8. The molecule has 8 aromatic carbocycles. The molecule has 0 amide bonds. The van der Waals surface area contributed by atoms with Gasteiger partial charge in [-0.15, -0.1) is 0 Å². The minimum Gasteiger partial charge on any atom is -0.309 e. The Hall–Kier alpha value is -7.63. The first-order valence-corrected chi connectivity index (χ1v) is 18.9. The zero-order chi connectivity index (χ0) is 36.7. The van der Waals surface area contributed by atoms with Crippen LogP contribution in [-0.4, -0.2) is 24.1 Å². The summed E-state index contributed by atoms with van der Waals surface area (Å²) in [6, 6.07) is 64.8. The van der Waals surface area contributed by atoms with Crippen LogP contribution in [0.2, 0.25) is 0 Å². The highest BCUT2D eigenvalue weighted by Crippen LogP contribution is 2.41. The van der Waals surface area contributed by atoms with Crippen molar-refractivity contribution < 1.29 is 0 Å². The number of benzene rings is 8. The van der Waals surface area contributed by atoms with Crippen LogP contribution < -0.4 is 0 Å². The van der Waals surface area contributed by atoms with E-state index in [0.29, 0.717) is 5.95 Å². The normalized spacial score (nSPS) is 11.9. The van der Waals surface area contributed by atoms with Crippen LogP contribution in [0.15, 0.2) is 188 Å². The van der Waals surface area contributed by atoms with Gasteiger partial charge in [-0.25, -0.2) is 9.97 Å². The predicted molar refractivity (Wildman–Crippen MR) is 232 cm³/mol. The van der Waals surface area contributed by atoms with Gasteiger partial charge in [0.25, 0.3) is 0 Å². The molecule has 56 heavy (non-hydrogen) atoms. The number of fused-ring (bicyclic) bond motifs is 11. The number of rotatable bonds is 4. The Morgan fingerprint density at radius 3 is 1.73 bits per heavy atom. The largest absolute Gasteiger partial charge is 0.309 e. The monoisotopic (exact) mass is 713 g/mol. The second-order valence-corrected chi connectivity index (χ2v) is 14.4. The lowest BCUT2D eigenvalue weighted by atomic mass is 10.0. The van der Waals surface area contributed by atoms with Gasteiger partial charge in [-0.3, -0.25) is 9.55 Å². The summed E-state index contributed by atoms with van der Waals surface area (Å²) in [7, 11) is 0. The van der Waals surface area contributed by atoms with Crippen LogP contribution in [0, 0.1) is 0 Å². The molecule has 0 aliphatic carbocycles. The summed E-state index contributed by atoms with van der Waals surface area (Å²) in [5.74, 6) is 0.642. The summed E-state index contributed by atoms with van der Waals surface area (Å²) in [4.78, 5) is 15.2. The summed E-state index contributed by atoms with van der Waals surface area (Å²) in [5, 5.41) is 10.8. The first-order chi connectivity index (χ1) is 27.8. The van der Waals surface area contributed by atoms with Gasteiger partial charge in [0.15, 0.2) is 0 Å². The van der Waals surface area contributed by atoms with Crippen molar-refractivity contribution in [1.82, 2.24) is 24.1 Å². The van der Waals surface area contributed by atoms with E-state index in [1.54, 1.807) is 0 Å². The fourth-order valence-electron chi connectivity index (χ4n) is 8.86. The molecule has 0 spiro atoms. The van der Waals surface area contributed by atoms with Crippen LogP contribution in [0.25, 0.3) is 110 Å². The molecule has 0 bridgehead atoms. The molecule has 0 atom stereocenters. The zero-order valence-corrected chi connectivity index (χ0v) is 30.1. The molecule has 0 unspecified atom stereocenters. The molecule has 12 rings (SSSR count). The lowest BCUT2D eigenvalue weighted by molar-refractivity contribution is 1.01. The summed E-state index contributed by atoms with van der Waals surface area (Å²) >= 11 is 0. The van der Waals surface area contributed by atoms with Crippen LogP contribution in [0.3, 0.4) is 0 Å². The first-order valence-electron chi connectivity index (χ1n) is 18.9. The Morgan fingerprint density at radius 1 is 0.375 bits per heavy atom.